The largest absolute Gasteiger partial charge is 0.444 e. The quantitative estimate of drug-likeness (QED) is 0.734. The van der Waals surface area contributed by atoms with Crippen LogP contribution in [0.3, 0.4) is 0 Å². The summed E-state index contributed by atoms with van der Waals surface area (Å²) >= 11 is 0. The normalized spacial score (nSPS) is 29.5. The number of rotatable bonds is 1. The number of aliphatic hydroxyl groups is 1. The molecule has 5 nitrogen and oxygen atoms in total. The van der Waals surface area contributed by atoms with Gasteiger partial charge in [-0.1, -0.05) is 0 Å². The molecule has 0 aromatic carbocycles. The zero-order valence-electron chi connectivity index (χ0n) is 10.8. The van der Waals surface area contributed by atoms with Crippen molar-refractivity contribution < 1.29 is 14.6 Å². The molecule has 1 amide bonds. The number of carbonyl (C=O) groups is 1. The Labute approximate surface area is 102 Å². The van der Waals surface area contributed by atoms with E-state index in [2.05, 4.69) is 4.90 Å². The van der Waals surface area contributed by atoms with Crippen LogP contribution >= 0.6 is 0 Å². The van der Waals surface area contributed by atoms with Crippen molar-refractivity contribution in [2.45, 2.75) is 44.9 Å². The van der Waals surface area contributed by atoms with Crippen molar-refractivity contribution in [2.75, 3.05) is 26.2 Å². The minimum absolute atomic E-state index is 0.218. The molecule has 0 spiro atoms. The number of hydrogen-bond donors (Lipinski definition) is 1. The molecule has 0 radical (unpaired) electrons. The van der Waals surface area contributed by atoms with E-state index >= 15 is 0 Å². The molecule has 0 aliphatic carbocycles. The Morgan fingerprint density at radius 1 is 1.41 bits per heavy atom. The monoisotopic (exact) mass is 242 g/mol. The van der Waals surface area contributed by atoms with Gasteiger partial charge in [0.2, 0.25) is 0 Å². The van der Waals surface area contributed by atoms with Crippen molar-refractivity contribution >= 4 is 6.09 Å². The molecule has 2 saturated heterocycles. The zero-order valence-corrected chi connectivity index (χ0v) is 10.8. The van der Waals surface area contributed by atoms with Gasteiger partial charge in [-0.3, -0.25) is 4.90 Å². The highest BCUT2D eigenvalue weighted by molar-refractivity contribution is 5.68. The Kier molecular flexibility index (Phi) is 3.32. The minimum Gasteiger partial charge on any atom is -0.444 e. The number of fused-ring (bicyclic) bond motifs is 1. The molecule has 1 N–H and O–H groups in total. The maximum absolute atomic E-state index is 11.9. The number of amides is 1. The molecule has 2 aliphatic heterocycles. The van der Waals surface area contributed by atoms with E-state index in [-0.39, 0.29) is 12.7 Å². The van der Waals surface area contributed by atoms with Crippen LogP contribution in [0.15, 0.2) is 0 Å². The molecule has 0 bridgehead atoms. The van der Waals surface area contributed by atoms with Crippen LogP contribution in [0.4, 0.5) is 4.79 Å². The molecule has 0 saturated carbocycles. The molecule has 0 unspecified atom stereocenters. The smallest absolute Gasteiger partial charge is 0.410 e. The molecule has 2 fully saturated rings. The van der Waals surface area contributed by atoms with Crippen molar-refractivity contribution in [2.24, 2.45) is 0 Å². The predicted octanol–water partition coefficient (Wildman–Crippen LogP) is 0.672. The van der Waals surface area contributed by atoms with Gasteiger partial charge in [0.05, 0.1) is 6.61 Å². The molecule has 2 atom stereocenters. The van der Waals surface area contributed by atoms with E-state index in [1.807, 2.05) is 20.8 Å². The van der Waals surface area contributed by atoms with Gasteiger partial charge < -0.3 is 14.7 Å². The van der Waals surface area contributed by atoms with Gasteiger partial charge in [-0.15, -0.1) is 0 Å². The third kappa shape index (κ3) is 2.72. The third-order valence-electron chi connectivity index (χ3n) is 3.40. The van der Waals surface area contributed by atoms with Gasteiger partial charge in [-0.25, -0.2) is 4.79 Å². The summed E-state index contributed by atoms with van der Waals surface area (Å²) in [6.45, 7) is 8.14. The Balaban J connectivity index is 1.84. The Bertz CT molecular complexity index is 301. The summed E-state index contributed by atoms with van der Waals surface area (Å²) in [5.74, 6) is 0. The molecule has 0 aromatic rings. The number of piperazine rings is 1. The molecule has 2 aliphatic rings. The van der Waals surface area contributed by atoms with Gasteiger partial charge in [0, 0.05) is 31.7 Å². The van der Waals surface area contributed by atoms with Gasteiger partial charge in [0.25, 0.3) is 0 Å². The SMILES string of the molecule is CC(C)(C)OC(=O)N1CCN2[C@H](CO)C[C@@H]2C1. The lowest BCUT2D eigenvalue weighted by atomic mass is 9.91. The van der Waals surface area contributed by atoms with Crippen LogP contribution in [0.2, 0.25) is 0 Å². The number of carbonyl (C=O) groups excluding carboxylic acids is 1. The van der Waals surface area contributed by atoms with Crippen LogP contribution < -0.4 is 0 Å². The summed E-state index contributed by atoms with van der Waals surface area (Å²) in [6, 6.07) is 0.717. The van der Waals surface area contributed by atoms with Crippen LogP contribution in [0.1, 0.15) is 27.2 Å². The van der Waals surface area contributed by atoms with E-state index < -0.39 is 5.60 Å². The average molecular weight is 242 g/mol. The summed E-state index contributed by atoms with van der Waals surface area (Å²) in [6.07, 6.45) is 0.764. The van der Waals surface area contributed by atoms with Crippen molar-refractivity contribution in [3.05, 3.63) is 0 Å². The van der Waals surface area contributed by atoms with Gasteiger partial charge in [-0.05, 0) is 27.2 Å². The second-order valence-corrected chi connectivity index (χ2v) is 5.89. The van der Waals surface area contributed by atoms with Gasteiger partial charge in [-0.2, -0.15) is 0 Å². The second kappa shape index (κ2) is 4.46. The lowest BCUT2D eigenvalue weighted by molar-refractivity contribution is -0.0682. The maximum Gasteiger partial charge on any atom is 0.410 e. The van der Waals surface area contributed by atoms with E-state index in [9.17, 15) is 4.79 Å². The first-order chi connectivity index (χ1) is 7.90. The standard InChI is InChI=1S/C12H22N2O3/c1-12(2,3)17-11(16)13-4-5-14-9(7-13)6-10(14)8-15/h9-10,15H,4-8H2,1-3H3/t9-,10+/m1/s1. The van der Waals surface area contributed by atoms with Gasteiger partial charge in [0.1, 0.15) is 5.60 Å². The molecule has 98 valence electrons. The fourth-order valence-electron chi connectivity index (χ4n) is 2.54. The molecule has 5 heteroatoms. The predicted molar refractivity (Wildman–Crippen MR) is 63.8 cm³/mol. The van der Waals surface area contributed by atoms with Crippen molar-refractivity contribution in [3.63, 3.8) is 0 Å². The fourth-order valence-corrected chi connectivity index (χ4v) is 2.54. The zero-order chi connectivity index (χ0) is 12.6. The van der Waals surface area contributed by atoms with Crippen molar-refractivity contribution in [1.29, 1.82) is 0 Å². The number of ether oxygens (including phenoxy) is 1. The molecule has 2 rings (SSSR count). The highest BCUT2D eigenvalue weighted by Gasteiger charge is 2.42. The lowest BCUT2D eigenvalue weighted by Crippen LogP contribution is -2.67. The first-order valence-electron chi connectivity index (χ1n) is 6.25. The first kappa shape index (κ1) is 12.6. The van der Waals surface area contributed by atoms with Crippen LogP contribution in [0, 0.1) is 0 Å². The Hall–Kier alpha value is -0.810. The van der Waals surface area contributed by atoms with E-state index in [1.165, 1.54) is 0 Å². The molecular weight excluding hydrogens is 220 g/mol. The Morgan fingerprint density at radius 3 is 2.65 bits per heavy atom. The van der Waals surface area contributed by atoms with E-state index in [0.717, 1.165) is 19.5 Å². The topological polar surface area (TPSA) is 53.0 Å². The second-order valence-electron chi connectivity index (χ2n) is 5.89. The summed E-state index contributed by atoms with van der Waals surface area (Å²) in [5, 5.41) is 9.11. The third-order valence-corrected chi connectivity index (χ3v) is 3.40. The maximum atomic E-state index is 11.9. The first-order valence-corrected chi connectivity index (χ1v) is 6.25. The molecule has 17 heavy (non-hydrogen) atoms. The lowest BCUT2D eigenvalue weighted by Gasteiger charge is -2.53. The molecule has 2 heterocycles. The van der Waals surface area contributed by atoms with Crippen molar-refractivity contribution in [3.8, 4) is 0 Å². The van der Waals surface area contributed by atoms with Crippen LogP contribution in [0.5, 0.6) is 0 Å². The highest BCUT2D eigenvalue weighted by atomic mass is 16.6. The molecular formula is C12H22N2O3. The Morgan fingerprint density at radius 2 is 2.12 bits per heavy atom. The van der Waals surface area contributed by atoms with Gasteiger partial charge in [0.15, 0.2) is 0 Å². The fraction of sp³-hybridized carbons (Fsp3) is 0.917. The summed E-state index contributed by atoms with van der Waals surface area (Å²) in [7, 11) is 0. The van der Waals surface area contributed by atoms with E-state index in [1.54, 1.807) is 4.90 Å². The van der Waals surface area contributed by atoms with Crippen LogP contribution in [0.25, 0.3) is 0 Å². The number of aliphatic hydroxyl groups excluding tert-OH is 1. The van der Waals surface area contributed by atoms with E-state index in [0.29, 0.717) is 18.6 Å². The minimum atomic E-state index is -0.429. The summed E-state index contributed by atoms with van der Waals surface area (Å²) < 4.78 is 5.36. The average Bonchev–Trinajstić information content (AvgIpc) is 2.17. The van der Waals surface area contributed by atoms with Crippen molar-refractivity contribution in [1.82, 2.24) is 9.80 Å². The number of hydrogen-bond acceptors (Lipinski definition) is 4. The number of nitrogens with zero attached hydrogens (tertiary/aromatic N) is 2. The van der Waals surface area contributed by atoms with Crippen LogP contribution in [-0.4, -0.2) is 64.9 Å². The summed E-state index contributed by atoms with van der Waals surface area (Å²) in [5.41, 5.74) is -0.429. The van der Waals surface area contributed by atoms with Gasteiger partial charge >= 0.3 is 6.09 Å². The van der Waals surface area contributed by atoms with E-state index in [4.69, 9.17) is 9.84 Å². The highest BCUT2D eigenvalue weighted by Crippen LogP contribution is 2.29. The summed E-state index contributed by atoms with van der Waals surface area (Å²) in [4.78, 5) is 15.9. The molecule has 0 aromatic heterocycles. The van der Waals surface area contributed by atoms with Crippen LogP contribution in [-0.2, 0) is 4.74 Å².